The normalized spacial score (nSPS) is 25.9. The highest BCUT2D eigenvalue weighted by atomic mass is 19.3. The van der Waals surface area contributed by atoms with Gasteiger partial charge in [0.1, 0.15) is 5.82 Å². The molecule has 0 aromatic carbocycles. The number of anilines is 1. The first-order chi connectivity index (χ1) is 11.5. The Labute approximate surface area is 139 Å². The number of hydrogen-bond donors (Lipinski definition) is 1. The Hall–Kier alpha value is -1.83. The van der Waals surface area contributed by atoms with E-state index < -0.39 is 12.2 Å². The van der Waals surface area contributed by atoms with Crippen LogP contribution in [-0.4, -0.2) is 39.1 Å². The number of alkyl halides is 2. The molecule has 3 atom stereocenters. The van der Waals surface area contributed by atoms with E-state index in [4.69, 9.17) is 4.74 Å². The van der Waals surface area contributed by atoms with Crippen LogP contribution in [0.25, 0.3) is 5.65 Å². The van der Waals surface area contributed by atoms with Crippen molar-refractivity contribution in [3.05, 3.63) is 18.0 Å². The molecule has 1 aliphatic rings. The maximum absolute atomic E-state index is 13.0. The highest BCUT2D eigenvalue weighted by Gasteiger charge is 2.58. The summed E-state index contributed by atoms with van der Waals surface area (Å²) in [5.41, 5.74) is 0.327. The van der Waals surface area contributed by atoms with Gasteiger partial charge in [0.15, 0.2) is 5.65 Å². The molecule has 0 amide bonds. The molecule has 1 fully saturated rings. The van der Waals surface area contributed by atoms with Crippen LogP contribution in [0.1, 0.15) is 45.9 Å². The van der Waals surface area contributed by atoms with Crippen LogP contribution in [0, 0.1) is 11.3 Å². The van der Waals surface area contributed by atoms with Crippen LogP contribution in [0.4, 0.5) is 14.6 Å². The monoisotopic (exact) mass is 339 g/mol. The van der Waals surface area contributed by atoms with E-state index in [1.165, 1.54) is 0 Å². The standard InChI is InChI=1S/C16H23F2N5O/c1-5-16(6-2)12(9(3)13(16)24-4)19-10-7-8-11-20-21-15(14(17)18)23(11)22-10/h7-9,12-14H,5-6H2,1-4H3,(H,19,22)/t9-,12+,13+/m0/s1. The molecular weight excluding hydrogens is 316 g/mol. The Morgan fingerprint density at radius 3 is 2.58 bits per heavy atom. The lowest BCUT2D eigenvalue weighted by Gasteiger charge is -2.59. The first-order valence-electron chi connectivity index (χ1n) is 8.28. The molecule has 0 saturated heterocycles. The summed E-state index contributed by atoms with van der Waals surface area (Å²) in [7, 11) is 1.74. The van der Waals surface area contributed by atoms with Gasteiger partial charge in [0.05, 0.1) is 6.10 Å². The number of methoxy groups -OCH3 is 1. The highest BCUT2D eigenvalue weighted by molar-refractivity contribution is 5.45. The van der Waals surface area contributed by atoms with Crippen molar-refractivity contribution in [2.75, 3.05) is 12.4 Å². The van der Waals surface area contributed by atoms with Crippen molar-refractivity contribution in [1.29, 1.82) is 0 Å². The zero-order valence-corrected chi connectivity index (χ0v) is 14.3. The lowest BCUT2D eigenvalue weighted by molar-refractivity contribution is -0.150. The number of ether oxygens (including phenoxy) is 1. The second-order valence-electron chi connectivity index (χ2n) is 6.43. The van der Waals surface area contributed by atoms with Crippen molar-refractivity contribution >= 4 is 11.5 Å². The number of rotatable bonds is 6. The minimum atomic E-state index is -2.71. The predicted octanol–water partition coefficient (Wildman–Crippen LogP) is 3.31. The minimum absolute atomic E-state index is 0.0174. The third-order valence-corrected chi connectivity index (χ3v) is 5.55. The molecule has 0 aliphatic heterocycles. The molecule has 6 nitrogen and oxygen atoms in total. The van der Waals surface area contributed by atoms with Gasteiger partial charge < -0.3 is 10.1 Å². The first-order valence-corrected chi connectivity index (χ1v) is 8.28. The summed E-state index contributed by atoms with van der Waals surface area (Å²) in [5.74, 6) is 0.409. The number of halogens is 2. The molecule has 1 aliphatic carbocycles. The van der Waals surface area contributed by atoms with Crippen LogP contribution in [0.5, 0.6) is 0 Å². The summed E-state index contributed by atoms with van der Waals surface area (Å²) in [6, 6.07) is 3.57. The fourth-order valence-electron chi connectivity index (χ4n) is 4.27. The lowest BCUT2D eigenvalue weighted by Crippen LogP contribution is -2.66. The van der Waals surface area contributed by atoms with E-state index in [1.54, 1.807) is 19.2 Å². The largest absolute Gasteiger partial charge is 0.380 e. The zero-order valence-electron chi connectivity index (χ0n) is 14.3. The predicted molar refractivity (Wildman–Crippen MR) is 86.1 cm³/mol. The summed E-state index contributed by atoms with van der Waals surface area (Å²) in [6.45, 7) is 6.44. The quantitative estimate of drug-likeness (QED) is 0.875. The van der Waals surface area contributed by atoms with Crippen molar-refractivity contribution < 1.29 is 13.5 Å². The van der Waals surface area contributed by atoms with Gasteiger partial charge in [-0.05, 0) is 25.0 Å². The van der Waals surface area contributed by atoms with Crippen LogP contribution in [0.2, 0.25) is 0 Å². The second-order valence-corrected chi connectivity index (χ2v) is 6.43. The summed E-state index contributed by atoms with van der Waals surface area (Å²) < 4.78 is 32.8. The van der Waals surface area contributed by atoms with Crippen molar-refractivity contribution in [2.45, 2.75) is 52.2 Å². The molecule has 132 valence electrons. The fraction of sp³-hybridized carbons (Fsp3) is 0.688. The average molecular weight is 339 g/mol. The van der Waals surface area contributed by atoms with Gasteiger partial charge in [-0.15, -0.1) is 15.3 Å². The van der Waals surface area contributed by atoms with Gasteiger partial charge in [0.25, 0.3) is 6.43 Å². The molecular formula is C16H23F2N5O. The van der Waals surface area contributed by atoms with Gasteiger partial charge in [-0.2, -0.15) is 4.52 Å². The van der Waals surface area contributed by atoms with Crippen LogP contribution < -0.4 is 5.32 Å². The summed E-state index contributed by atoms with van der Waals surface area (Å²) in [6.07, 6.45) is -0.587. The van der Waals surface area contributed by atoms with E-state index in [9.17, 15) is 8.78 Å². The third kappa shape index (κ3) is 2.35. The van der Waals surface area contributed by atoms with Crippen molar-refractivity contribution in [1.82, 2.24) is 19.8 Å². The Balaban J connectivity index is 1.90. The second kappa shape index (κ2) is 6.23. The maximum Gasteiger partial charge on any atom is 0.299 e. The number of aromatic nitrogens is 4. The Morgan fingerprint density at radius 2 is 2.00 bits per heavy atom. The van der Waals surface area contributed by atoms with Crippen molar-refractivity contribution in [3.63, 3.8) is 0 Å². The van der Waals surface area contributed by atoms with E-state index in [0.29, 0.717) is 17.4 Å². The van der Waals surface area contributed by atoms with Gasteiger partial charge >= 0.3 is 0 Å². The van der Waals surface area contributed by atoms with Gasteiger partial charge in [0.2, 0.25) is 5.82 Å². The molecule has 2 heterocycles. The van der Waals surface area contributed by atoms with Gasteiger partial charge in [-0.25, -0.2) is 8.78 Å². The lowest BCUT2D eigenvalue weighted by atomic mass is 9.53. The third-order valence-electron chi connectivity index (χ3n) is 5.55. The number of hydrogen-bond acceptors (Lipinski definition) is 5. The van der Waals surface area contributed by atoms with E-state index in [-0.39, 0.29) is 17.6 Å². The molecule has 2 aromatic rings. The number of fused-ring (bicyclic) bond motifs is 1. The Bertz CT molecular complexity index is 716. The van der Waals surface area contributed by atoms with Gasteiger partial charge in [0, 0.05) is 24.5 Å². The first kappa shape index (κ1) is 17.0. The molecule has 0 radical (unpaired) electrons. The van der Waals surface area contributed by atoms with Crippen molar-refractivity contribution in [3.8, 4) is 0 Å². The molecule has 3 rings (SSSR count). The highest BCUT2D eigenvalue weighted by Crippen LogP contribution is 2.53. The molecule has 24 heavy (non-hydrogen) atoms. The maximum atomic E-state index is 13.0. The van der Waals surface area contributed by atoms with E-state index >= 15 is 0 Å². The molecule has 0 bridgehead atoms. The zero-order chi connectivity index (χ0) is 17.5. The van der Waals surface area contributed by atoms with E-state index in [1.807, 2.05) is 0 Å². The van der Waals surface area contributed by atoms with Crippen LogP contribution >= 0.6 is 0 Å². The van der Waals surface area contributed by atoms with Gasteiger partial charge in [-0.1, -0.05) is 20.8 Å². The average Bonchev–Trinajstić information content (AvgIpc) is 3.00. The van der Waals surface area contributed by atoms with Crippen LogP contribution in [0.15, 0.2) is 12.1 Å². The molecule has 2 aromatic heterocycles. The molecule has 1 saturated carbocycles. The summed E-state index contributed by atoms with van der Waals surface area (Å²) in [5, 5.41) is 14.9. The molecule has 0 unspecified atom stereocenters. The topological polar surface area (TPSA) is 64.3 Å². The molecule has 8 heteroatoms. The van der Waals surface area contributed by atoms with Gasteiger partial charge in [-0.3, -0.25) is 0 Å². The molecule has 1 N–H and O–H groups in total. The number of nitrogens with one attached hydrogen (secondary N) is 1. The van der Waals surface area contributed by atoms with Crippen LogP contribution in [-0.2, 0) is 4.74 Å². The Morgan fingerprint density at radius 1 is 1.29 bits per heavy atom. The number of nitrogens with zero attached hydrogens (tertiary/aromatic N) is 4. The smallest absolute Gasteiger partial charge is 0.299 e. The molecule has 0 spiro atoms. The SMILES string of the molecule is CCC1(CC)[C@H](Nc2ccc3nnc(C(F)F)n3n2)[C@H](C)[C@H]1OC. The van der Waals surface area contributed by atoms with E-state index in [2.05, 4.69) is 41.4 Å². The Kier molecular flexibility index (Phi) is 4.42. The summed E-state index contributed by atoms with van der Waals surface area (Å²) in [4.78, 5) is 0. The summed E-state index contributed by atoms with van der Waals surface area (Å²) >= 11 is 0. The fourth-order valence-corrected chi connectivity index (χ4v) is 4.27. The minimum Gasteiger partial charge on any atom is -0.380 e. The van der Waals surface area contributed by atoms with Crippen molar-refractivity contribution in [2.24, 2.45) is 11.3 Å². The van der Waals surface area contributed by atoms with E-state index in [0.717, 1.165) is 17.4 Å². The van der Waals surface area contributed by atoms with Crippen LogP contribution in [0.3, 0.4) is 0 Å².